The summed E-state index contributed by atoms with van der Waals surface area (Å²) in [6.07, 6.45) is 4.34. The van der Waals surface area contributed by atoms with E-state index in [0.717, 1.165) is 40.6 Å². The Bertz CT molecular complexity index is 1060. The second-order valence-corrected chi connectivity index (χ2v) is 7.22. The predicted octanol–water partition coefficient (Wildman–Crippen LogP) is 5.22. The van der Waals surface area contributed by atoms with E-state index >= 15 is 0 Å². The number of nitrogens with one attached hydrogen (secondary N) is 1. The van der Waals surface area contributed by atoms with Gasteiger partial charge in [-0.05, 0) is 49.1 Å². The number of benzene rings is 2. The Morgan fingerprint density at radius 3 is 2.73 bits per heavy atom. The van der Waals surface area contributed by atoms with E-state index < -0.39 is 0 Å². The molecule has 0 saturated carbocycles. The van der Waals surface area contributed by atoms with Gasteiger partial charge in [-0.25, -0.2) is 0 Å². The molecule has 1 N–H and O–H groups in total. The van der Waals surface area contributed by atoms with Crippen LogP contribution >= 0.6 is 0 Å². The number of aryl methyl sites for hydroxylation is 1. The van der Waals surface area contributed by atoms with E-state index in [1.54, 1.807) is 0 Å². The minimum absolute atomic E-state index is 0.0694. The summed E-state index contributed by atoms with van der Waals surface area (Å²) in [5.74, 6) is 0.274. The molecule has 0 saturated heterocycles. The molecule has 3 heteroatoms. The quantitative estimate of drug-likeness (QED) is 0.660. The standard InChI is InChI=1S/C23H20N2O/c1-14-7-9-15(10-8-14)23-22-17(4-2-6-20(22)26)21-16-5-3-13-24-18(16)11-12-19(21)25-23/h3,5,7-13,23,25H,2,4,6H2,1H3/t23-/m0/s1. The van der Waals surface area contributed by atoms with Gasteiger partial charge in [0.25, 0.3) is 0 Å². The molecule has 2 heterocycles. The number of carbonyl (C=O) groups is 1. The monoisotopic (exact) mass is 340 g/mol. The molecule has 0 radical (unpaired) electrons. The van der Waals surface area contributed by atoms with Crippen molar-refractivity contribution in [2.75, 3.05) is 5.32 Å². The van der Waals surface area contributed by atoms with E-state index in [1.165, 1.54) is 16.7 Å². The predicted molar refractivity (Wildman–Crippen MR) is 105 cm³/mol. The first-order valence-corrected chi connectivity index (χ1v) is 9.20. The Kier molecular flexibility index (Phi) is 3.42. The molecule has 1 aliphatic heterocycles. The number of allylic oxidation sites excluding steroid dienone is 1. The molecule has 0 bridgehead atoms. The Balaban J connectivity index is 1.78. The molecule has 2 aliphatic rings. The number of fused-ring (bicyclic) bond motifs is 4. The van der Waals surface area contributed by atoms with E-state index in [0.29, 0.717) is 6.42 Å². The van der Waals surface area contributed by atoms with Crippen molar-refractivity contribution < 1.29 is 4.79 Å². The van der Waals surface area contributed by atoms with Crippen molar-refractivity contribution in [3.63, 3.8) is 0 Å². The van der Waals surface area contributed by atoms with Gasteiger partial charge in [-0.3, -0.25) is 9.78 Å². The van der Waals surface area contributed by atoms with Crippen LogP contribution in [0.5, 0.6) is 0 Å². The van der Waals surface area contributed by atoms with E-state index in [4.69, 9.17) is 0 Å². The number of ketones is 1. The van der Waals surface area contributed by atoms with Crippen LogP contribution in [-0.4, -0.2) is 10.8 Å². The van der Waals surface area contributed by atoms with Crippen LogP contribution in [-0.2, 0) is 4.79 Å². The van der Waals surface area contributed by atoms with Gasteiger partial charge in [0.05, 0.1) is 11.6 Å². The van der Waals surface area contributed by atoms with Crippen molar-refractivity contribution in [1.29, 1.82) is 0 Å². The molecule has 1 aliphatic carbocycles. The van der Waals surface area contributed by atoms with E-state index in [-0.39, 0.29) is 11.8 Å². The Labute approximate surface area is 152 Å². The molecule has 0 unspecified atom stereocenters. The van der Waals surface area contributed by atoms with Crippen molar-refractivity contribution in [1.82, 2.24) is 4.98 Å². The molecule has 0 amide bonds. The highest BCUT2D eigenvalue weighted by Gasteiger charge is 2.34. The second-order valence-electron chi connectivity index (χ2n) is 7.22. The van der Waals surface area contributed by atoms with E-state index in [1.807, 2.05) is 12.3 Å². The van der Waals surface area contributed by atoms with Crippen LogP contribution in [0.3, 0.4) is 0 Å². The summed E-state index contributed by atoms with van der Waals surface area (Å²) < 4.78 is 0. The Morgan fingerprint density at radius 2 is 1.88 bits per heavy atom. The summed E-state index contributed by atoms with van der Waals surface area (Å²) in [5.41, 5.74) is 7.78. The number of hydrogen-bond donors (Lipinski definition) is 1. The van der Waals surface area contributed by atoms with E-state index in [2.05, 4.69) is 59.7 Å². The molecule has 26 heavy (non-hydrogen) atoms. The minimum Gasteiger partial charge on any atom is -0.373 e. The van der Waals surface area contributed by atoms with Crippen LogP contribution in [0.4, 0.5) is 5.69 Å². The first kappa shape index (κ1) is 15.3. The molecule has 128 valence electrons. The number of pyridine rings is 1. The number of carbonyl (C=O) groups excluding carboxylic acids is 1. The highest BCUT2D eigenvalue weighted by Crippen LogP contribution is 2.47. The first-order chi connectivity index (χ1) is 12.7. The zero-order valence-corrected chi connectivity index (χ0v) is 14.8. The number of aromatic nitrogens is 1. The topological polar surface area (TPSA) is 42.0 Å². The van der Waals surface area contributed by atoms with Crippen molar-refractivity contribution in [3.05, 3.63) is 77.0 Å². The van der Waals surface area contributed by atoms with Gasteiger partial charge in [-0.2, -0.15) is 0 Å². The first-order valence-electron chi connectivity index (χ1n) is 9.20. The average Bonchev–Trinajstić information content (AvgIpc) is 2.68. The summed E-state index contributed by atoms with van der Waals surface area (Å²) >= 11 is 0. The van der Waals surface area contributed by atoms with Crippen LogP contribution in [0, 0.1) is 6.92 Å². The number of hydrogen-bond acceptors (Lipinski definition) is 3. The van der Waals surface area contributed by atoms with Gasteiger partial charge in [-0.1, -0.05) is 35.9 Å². The lowest BCUT2D eigenvalue weighted by molar-refractivity contribution is -0.116. The summed E-state index contributed by atoms with van der Waals surface area (Å²) in [6.45, 7) is 2.09. The summed E-state index contributed by atoms with van der Waals surface area (Å²) in [7, 11) is 0. The highest BCUT2D eigenvalue weighted by atomic mass is 16.1. The number of anilines is 1. The summed E-state index contributed by atoms with van der Waals surface area (Å²) in [5, 5.41) is 4.77. The second kappa shape index (κ2) is 5.80. The molecule has 5 rings (SSSR count). The van der Waals surface area contributed by atoms with Crippen molar-refractivity contribution in [2.24, 2.45) is 0 Å². The van der Waals surface area contributed by atoms with E-state index in [9.17, 15) is 4.79 Å². The average molecular weight is 340 g/mol. The van der Waals surface area contributed by atoms with Crippen molar-refractivity contribution in [3.8, 4) is 0 Å². The highest BCUT2D eigenvalue weighted by molar-refractivity contribution is 6.12. The molecule has 3 aromatic rings. The Morgan fingerprint density at radius 1 is 1.04 bits per heavy atom. The molecular formula is C23H20N2O. The van der Waals surface area contributed by atoms with Gasteiger partial charge in [0.1, 0.15) is 0 Å². The lowest BCUT2D eigenvalue weighted by atomic mass is 9.77. The fraction of sp³-hybridized carbons (Fsp3) is 0.217. The maximum atomic E-state index is 12.9. The number of Topliss-reactive ketones (excluding diaryl/α,β-unsaturated/α-hetero) is 1. The third-order valence-corrected chi connectivity index (χ3v) is 5.54. The fourth-order valence-electron chi connectivity index (χ4n) is 4.29. The number of rotatable bonds is 1. The van der Waals surface area contributed by atoms with Gasteiger partial charge >= 0.3 is 0 Å². The summed E-state index contributed by atoms with van der Waals surface area (Å²) in [4.78, 5) is 17.4. The molecule has 0 fully saturated rings. The van der Waals surface area contributed by atoms with Crippen LogP contribution in [0.1, 0.15) is 42.0 Å². The third kappa shape index (κ3) is 2.27. The number of nitrogens with zero attached hydrogens (tertiary/aromatic N) is 1. The summed E-state index contributed by atoms with van der Waals surface area (Å²) in [6, 6.07) is 16.7. The van der Waals surface area contributed by atoms with Crippen LogP contribution < -0.4 is 5.32 Å². The van der Waals surface area contributed by atoms with Crippen LogP contribution in [0.2, 0.25) is 0 Å². The molecule has 1 atom stereocenters. The minimum atomic E-state index is -0.0694. The molecule has 1 aromatic heterocycles. The lowest BCUT2D eigenvalue weighted by Gasteiger charge is -2.35. The van der Waals surface area contributed by atoms with Gasteiger partial charge in [0.15, 0.2) is 5.78 Å². The van der Waals surface area contributed by atoms with Gasteiger partial charge in [0.2, 0.25) is 0 Å². The fourth-order valence-corrected chi connectivity index (χ4v) is 4.29. The molecule has 3 nitrogen and oxygen atoms in total. The normalized spacial score (nSPS) is 19.1. The maximum Gasteiger partial charge on any atom is 0.161 e. The van der Waals surface area contributed by atoms with Crippen LogP contribution in [0.25, 0.3) is 16.5 Å². The maximum absolute atomic E-state index is 12.9. The zero-order valence-electron chi connectivity index (χ0n) is 14.8. The zero-order chi connectivity index (χ0) is 17.7. The van der Waals surface area contributed by atoms with Crippen molar-refractivity contribution >= 4 is 27.9 Å². The smallest absolute Gasteiger partial charge is 0.161 e. The lowest BCUT2D eigenvalue weighted by Crippen LogP contribution is -2.27. The SMILES string of the molecule is Cc1ccc([C@@H]2Nc3ccc4ncccc4c3C3=C2C(=O)CCC3)cc1. The third-order valence-electron chi connectivity index (χ3n) is 5.54. The molecular weight excluding hydrogens is 320 g/mol. The van der Waals surface area contributed by atoms with Gasteiger partial charge < -0.3 is 5.32 Å². The molecule has 2 aromatic carbocycles. The van der Waals surface area contributed by atoms with Gasteiger partial charge in [-0.15, -0.1) is 0 Å². The van der Waals surface area contributed by atoms with Crippen LogP contribution in [0.15, 0.2) is 60.3 Å². The Hall–Kier alpha value is -2.94. The largest absolute Gasteiger partial charge is 0.373 e. The van der Waals surface area contributed by atoms with Gasteiger partial charge in [0, 0.05) is 34.8 Å². The molecule has 0 spiro atoms. The van der Waals surface area contributed by atoms with Crippen molar-refractivity contribution in [2.45, 2.75) is 32.2 Å².